The fraction of sp³-hybridized carbons (Fsp3) is 0.333. The summed E-state index contributed by atoms with van der Waals surface area (Å²) in [5.41, 5.74) is 4.78. The molecule has 1 amide bonds. The highest BCUT2D eigenvalue weighted by molar-refractivity contribution is 5.77. The van der Waals surface area contributed by atoms with Crippen LogP contribution in [0.4, 0.5) is 0 Å². The molecule has 0 radical (unpaired) electrons. The van der Waals surface area contributed by atoms with Crippen LogP contribution in [-0.4, -0.2) is 27.9 Å². The third-order valence-electron chi connectivity index (χ3n) is 5.32. The van der Waals surface area contributed by atoms with Gasteiger partial charge in [0.2, 0.25) is 0 Å². The van der Waals surface area contributed by atoms with E-state index in [-0.39, 0.29) is 18.1 Å². The first-order chi connectivity index (χ1) is 14.3. The van der Waals surface area contributed by atoms with Crippen LogP contribution in [-0.2, 0) is 17.8 Å². The Balaban J connectivity index is 1.38. The van der Waals surface area contributed by atoms with Crippen LogP contribution >= 0.6 is 0 Å². The molecular weight excluding hydrogens is 378 g/mol. The van der Waals surface area contributed by atoms with Crippen LogP contribution in [0.15, 0.2) is 48.5 Å². The number of nitrogens with one attached hydrogen (secondary N) is 1. The Morgan fingerprint density at radius 2 is 1.93 bits per heavy atom. The fourth-order valence-electron chi connectivity index (χ4n) is 3.83. The van der Waals surface area contributed by atoms with Gasteiger partial charge in [-0.1, -0.05) is 30.3 Å². The van der Waals surface area contributed by atoms with E-state index in [1.165, 1.54) is 0 Å². The zero-order valence-electron chi connectivity index (χ0n) is 17.9. The van der Waals surface area contributed by atoms with E-state index >= 15 is 0 Å². The van der Waals surface area contributed by atoms with Gasteiger partial charge in [0.15, 0.2) is 18.1 Å². The predicted molar refractivity (Wildman–Crippen MR) is 115 cm³/mol. The first-order valence-electron chi connectivity index (χ1n) is 10.1. The molecule has 0 atom stereocenters. The predicted octanol–water partition coefficient (Wildman–Crippen LogP) is 3.90. The molecule has 6 nitrogen and oxygen atoms in total. The number of benzene rings is 2. The van der Waals surface area contributed by atoms with Gasteiger partial charge in [-0.3, -0.25) is 4.79 Å². The minimum absolute atomic E-state index is 0.0643. The summed E-state index contributed by atoms with van der Waals surface area (Å²) in [6.07, 6.45) is 0.829. The molecule has 1 aliphatic heterocycles. The van der Waals surface area contributed by atoms with Gasteiger partial charge >= 0.3 is 0 Å². The molecule has 0 saturated heterocycles. The lowest BCUT2D eigenvalue weighted by Crippen LogP contribution is -2.29. The van der Waals surface area contributed by atoms with Gasteiger partial charge in [-0.05, 0) is 45.9 Å². The van der Waals surface area contributed by atoms with Gasteiger partial charge in [-0.2, -0.15) is 5.10 Å². The highest BCUT2D eigenvalue weighted by atomic mass is 16.5. The first kappa shape index (κ1) is 20.0. The Bertz CT molecular complexity index is 1070. The molecule has 0 bridgehead atoms. The molecular formula is C24H27N3O3. The molecule has 156 valence electrons. The molecule has 0 spiro atoms. The number of para-hydroxylation sites is 2. The lowest BCUT2D eigenvalue weighted by atomic mass is 10.0. The Morgan fingerprint density at radius 3 is 2.70 bits per heavy atom. The standard InChI is InChI=1S/C24H27N3O3/c1-16-20(17(2)27(26-16)19-10-6-5-7-11-19)14-25-22(28)15-29-21-12-8-9-18-13-24(3,4)30-23(18)21/h5-12H,13-15H2,1-4H3,(H,25,28). The minimum atomic E-state index is -0.252. The topological polar surface area (TPSA) is 65.4 Å². The van der Waals surface area contributed by atoms with E-state index < -0.39 is 0 Å². The summed E-state index contributed by atoms with van der Waals surface area (Å²) >= 11 is 0. The number of amides is 1. The number of hydrogen-bond acceptors (Lipinski definition) is 4. The molecule has 3 aromatic rings. The largest absolute Gasteiger partial charge is 0.483 e. The van der Waals surface area contributed by atoms with E-state index in [0.29, 0.717) is 12.3 Å². The van der Waals surface area contributed by atoms with Crippen molar-refractivity contribution in [2.24, 2.45) is 0 Å². The van der Waals surface area contributed by atoms with Gasteiger partial charge in [0, 0.05) is 29.8 Å². The van der Waals surface area contributed by atoms with Crippen molar-refractivity contribution >= 4 is 5.91 Å². The molecule has 1 aliphatic rings. The number of carbonyl (C=O) groups is 1. The molecule has 30 heavy (non-hydrogen) atoms. The third kappa shape index (κ3) is 4.03. The van der Waals surface area contributed by atoms with Crippen LogP contribution in [0.25, 0.3) is 5.69 Å². The van der Waals surface area contributed by atoms with E-state index in [1.54, 1.807) is 0 Å². The third-order valence-corrected chi connectivity index (χ3v) is 5.32. The first-order valence-corrected chi connectivity index (χ1v) is 10.1. The Labute approximate surface area is 176 Å². The molecule has 2 heterocycles. The zero-order chi connectivity index (χ0) is 21.3. The number of hydrogen-bond donors (Lipinski definition) is 1. The van der Waals surface area contributed by atoms with Gasteiger partial charge in [0.25, 0.3) is 5.91 Å². The maximum absolute atomic E-state index is 12.4. The summed E-state index contributed by atoms with van der Waals surface area (Å²) in [4.78, 5) is 12.4. The number of carbonyl (C=O) groups excluding carboxylic acids is 1. The number of aromatic nitrogens is 2. The summed E-state index contributed by atoms with van der Waals surface area (Å²) < 4.78 is 13.7. The smallest absolute Gasteiger partial charge is 0.258 e. The van der Waals surface area contributed by atoms with E-state index in [2.05, 4.69) is 10.4 Å². The monoisotopic (exact) mass is 405 g/mol. The zero-order valence-corrected chi connectivity index (χ0v) is 17.9. The Hall–Kier alpha value is -3.28. The van der Waals surface area contributed by atoms with Gasteiger partial charge in [-0.25, -0.2) is 4.68 Å². The van der Waals surface area contributed by atoms with Crippen LogP contribution in [0.5, 0.6) is 11.5 Å². The van der Waals surface area contributed by atoms with Crippen LogP contribution < -0.4 is 14.8 Å². The number of fused-ring (bicyclic) bond motifs is 1. The molecule has 2 aromatic carbocycles. The average Bonchev–Trinajstić information content (AvgIpc) is 3.19. The van der Waals surface area contributed by atoms with E-state index in [0.717, 1.165) is 40.4 Å². The normalized spacial score (nSPS) is 14.1. The molecule has 1 aromatic heterocycles. The highest BCUT2D eigenvalue weighted by Crippen LogP contribution is 2.41. The number of aryl methyl sites for hydroxylation is 1. The minimum Gasteiger partial charge on any atom is -0.483 e. The SMILES string of the molecule is Cc1nn(-c2ccccc2)c(C)c1CNC(=O)COc1cccc2c1OC(C)(C)C2. The van der Waals surface area contributed by atoms with Crippen molar-refractivity contribution in [3.63, 3.8) is 0 Å². The van der Waals surface area contributed by atoms with Crippen molar-refractivity contribution in [2.45, 2.75) is 46.3 Å². The maximum Gasteiger partial charge on any atom is 0.258 e. The maximum atomic E-state index is 12.4. The van der Waals surface area contributed by atoms with Gasteiger partial charge < -0.3 is 14.8 Å². The second-order valence-electron chi connectivity index (χ2n) is 8.25. The molecule has 0 unspecified atom stereocenters. The van der Waals surface area contributed by atoms with Gasteiger partial charge in [0.05, 0.1) is 11.4 Å². The molecule has 0 aliphatic carbocycles. The van der Waals surface area contributed by atoms with Gasteiger partial charge in [-0.15, -0.1) is 0 Å². The fourth-order valence-corrected chi connectivity index (χ4v) is 3.83. The van der Waals surface area contributed by atoms with Crippen molar-refractivity contribution in [2.75, 3.05) is 6.61 Å². The highest BCUT2D eigenvalue weighted by Gasteiger charge is 2.32. The van der Waals surface area contributed by atoms with E-state index in [1.807, 2.05) is 80.9 Å². The van der Waals surface area contributed by atoms with Crippen molar-refractivity contribution in [1.82, 2.24) is 15.1 Å². The summed E-state index contributed by atoms with van der Waals surface area (Å²) in [7, 11) is 0. The van der Waals surface area contributed by atoms with Gasteiger partial charge in [0.1, 0.15) is 5.60 Å². The second kappa shape index (κ2) is 7.86. The molecule has 1 N–H and O–H groups in total. The number of nitrogens with zero attached hydrogens (tertiary/aromatic N) is 2. The summed E-state index contributed by atoms with van der Waals surface area (Å²) in [6, 6.07) is 15.8. The number of ether oxygens (including phenoxy) is 2. The summed E-state index contributed by atoms with van der Waals surface area (Å²) in [6.45, 7) is 8.40. The molecule has 0 saturated carbocycles. The summed E-state index contributed by atoms with van der Waals surface area (Å²) in [5.74, 6) is 1.17. The Morgan fingerprint density at radius 1 is 1.17 bits per heavy atom. The van der Waals surface area contributed by atoms with Crippen LogP contribution in [0.1, 0.15) is 36.4 Å². The van der Waals surface area contributed by atoms with E-state index in [4.69, 9.17) is 9.47 Å². The van der Waals surface area contributed by atoms with E-state index in [9.17, 15) is 4.79 Å². The quantitative estimate of drug-likeness (QED) is 0.676. The second-order valence-corrected chi connectivity index (χ2v) is 8.25. The molecule has 4 rings (SSSR count). The van der Waals surface area contributed by atoms with Crippen molar-refractivity contribution in [3.8, 4) is 17.2 Å². The van der Waals surface area contributed by atoms with Crippen molar-refractivity contribution in [3.05, 3.63) is 71.0 Å². The van der Waals surface area contributed by atoms with Crippen LogP contribution in [0.3, 0.4) is 0 Å². The van der Waals surface area contributed by atoms with Crippen molar-refractivity contribution in [1.29, 1.82) is 0 Å². The van der Waals surface area contributed by atoms with Crippen LogP contribution in [0, 0.1) is 13.8 Å². The Kier molecular flexibility index (Phi) is 5.24. The molecule has 0 fully saturated rings. The van der Waals surface area contributed by atoms with Crippen LogP contribution in [0.2, 0.25) is 0 Å². The molecule has 6 heteroatoms. The number of rotatable bonds is 6. The van der Waals surface area contributed by atoms with Crippen molar-refractivity contribution < 1.29 is 14.3 Å². The average molecular weight is 405 g/mol. The lowest BCUT2D eigenvalue weighted by Gasteiger charge is -2.18. The lowest BCUT2D eigenvalue weighted by molar-refractivity contribution is -0.123. The summed E-state index contributed by atoms with van der Waals surface area (Å²) in [5, 5.41) is 7.56.